The number of nitrogens with one attached hydrogen (secondary N) is 1. The van der Waals surface area contributed by atoms with E-state index in [1.165, 1.54) is 0 Å². The van der Waals surface area contributed by atoms with Crippen LogP contribution in [-0.4, -0.2) is 55.9 Å². The van der Waals surface area contributed by atoms with E-state index < -0.39 is 0 Å². The summed E-state index contributed by atoms with van der Waals surface area (Å²) < 4.78 is 1.75. The Bertz CT molecular complexity index is 1030. The first-order chi connectivity index (χ1) is 14.4. The van der Waals surface area contributed by atoms with Gasteiger partial charge in [-0.2, -0.15) is 5.10 Å². The third-order valence-electron chi connectivity index (χ3n) is 5.56. The minimum atomic E-state index is -0.152. The van der Waals surface area contributed by atoms with Gasteiger partial charge < -0.3 is 15.1 Å². The van der Waals surface area contributed by atoms with E-state index in [2.05, 4.69) is 33.8 Å². The number of carbonyl (C=O) groups is 1. The molecule has 2 aliphatic heterocycles. The van der Waals surface area contributed by atoms with Crippen LogP contribution in [0.1, 0.15) is 20.3 Å². The molecule has 2 unspecified atom stereocenters. The molecule has 156 valence electrons. The fraction of sp³-hybridized carbons (Fsp3) is 0.364. The lowest BCUT2D eigenvalue weighted by molar-refractivity contribution is -0.132. The average molecular weight is 406 g/mol. The second kappa shape index (κ2) is 7.78. The van der Waals surface area contributed by atoms with Crippen molar-refractivity contribution in [3.05, 3.63) is 54.9 Å². The molecule has 30 heavy (non-hydrogen) atoms. The molecular weight excluding hydrogens is 378 g/mol. The van der Waals surface area contributed by atoms with Gasteiger partial charge in [0.25, 0.3) is 0 Å². The maximum absolute atomic E-state index is 12.7. The summed E-state index contributed by atoms with van der Waals surface area (Å²) in [5.41, 5.74) is 3.41. The van der Waals surface area contributed by atoms with Gasteiger partial charge >= 0.3 is 0 Å². The summed E-state index contributed by atoms with van der Waals surface area (Å²) in [7, 11) is 3.69. The Hall–Kier alpha value is -3.42. The predicted octanol–water partition coefficient (Wildman–Crippen LogP) is 2.85. The van der Waals surface area contributed by atoms with E-state index in [1.54, 1.807) is 22.0 Å². The lowest BCUT2D eigenvalue weighted by Gasteiger charge is -2.38. The fourth-order valence-electron chi connectivity index (χ4n) is 4.11. The van der Waals surface area contributed by atoms with Crippen LogP contribution in [0.2, 0.25) is 0 Å². The van der Waals surface area contributed by atoms with Crippen molar-refractivity contribution in [3.63, 3.8) is 0 Å². The van der Waals surface area contributed by atoms with E-state index in [9.17, 15) is 4.79 Å². The highest BCUT2D eigenvalue weighted by Crippen LogP contribution is 2.32. The number of nitrogens with zero attached hydrogens (tertiary/aromatic N) is 6. The molecular formula is C22H27N7O. The smallest absolute Gasteiger partial charge is 0.249 e. The highest BCUT2D eigenvalue weighted by molar-refractivity contribution is 6.08. The summed E-state index contributed by atoms with van der Waals surface area (Å²) >= 11 is 0. The molecule has 0 bridgehead atoms. The average Bonchev–Trinajstić information content (AvgIpc) is 3.32. The highest BCUT2D eigenvalue weighted by Gasteiger charge is 2.44. The molecule has 1 N–H and O–H groups in total. The van der Waals surface area contributed by atoms with Crippen LogP contribution < -0.4 is 5.32 Å². The molecule has 0 saturated carbocycles. The summed E-state index contributed by atoms with van der Waals surface area (Å²) in [6.07, 6.45) is 8.23. The number of pyridine rings is 1. The minimum Gasteiger partial charge on any atom is -0.342 e. The molecule has 2 fully saturated rings. The van der Waals surface area contributed by atoms with Crippen molar-refractivity contribution >= 4 is 17.4 Å². The number of anilines is 1. The van der Waals surface area contributed by atoms with Crippen LogP contribution in [0.5, 0.6) is 0 Å². The second-order valence-electron chi connectivity index (χ2n) is 7.92. The van der Waals surface area contributed by atoms with Crippen molar-refractivity contribution < 1.29 is 4.79 Å². The zero-order chi connectivity index (χ0) is 21.4. The molecule has 1 amide bonds. The van der Waals surface area contributed by atoms with Crippen LogP contribution in [-0.2, 0) is 11.8 Å². The van der Waals surface area contributed by atoms with Crippen LogP contribution in [0, 0.1) is 5.92 Å². The quantitative estimate of drug-likeness (QED) is 0.846. The SMILES string of the molecule is C=C(N=C1/C(=C\C)N(C)C(=O)C2CC(C)CN12)Nc1ccc(-c2cnn(C)c2)nc1. The summed E-state index contributed by atoms with van der Waals surface area (Å²) in [4.78, 5) is 25.8. The maximum atomic E-state index is 12.7. The molecule has 0 radical (unpaired) electrons. The van der Waals surface area contributed by atoms with Crippen molar-refractivity contribution in [2.24, 2.45) is 18.0 Å². The van der Waals surface area contributed by atoms with Gasteiger partial charge in [-0.1, -0.05) is 19.6 Å². The Morgan fingerprint density at radius 2 is 2.13 bits per heavy atom. The number of aryl methyl sites for hydroxylation is 1. The van der Waals surface area contributed by atoms with Crippen LogP contribution >= 0.6 is 0 Å². The minimum absolute atomic E-state index is 0.125. The first-order valence-corrected chi connectivity index (χ1v) is 10.1. The Morgan fingerprint density at radius 3 is 2.77 bits per heavy atom. The number of aliphatic imine (C=N–C) groups is 1. The first-order valence-electron chi connectivity index (χ1n) is 10.1. The number of likely N-dealkylation sites (N-methyl/N-ethyl adjacent to an activating group) is 1. The van der Waals surface area contributed by atoms with Crippen LogP contribution in [0.4, 0.5) is 5.69 Å². The van der Waals surface area contributed by atoms with E-state index in [-0.39, 0.29) is 11.9 Å². The summed E-state index contributed by atoms with van der Waals surface area (Å²) in [5.74, 6) is 1.85. The van der Waals surface area contributed by atoms with E-state index in [0.717, 1.165) is 41.4 Å². The van der Waals surface area contributed by atoms with Crippen LogP contribution in [0.3, 0.4) is 0 Å². The molecule has 2 aromatic heterocycles. The largest absolute Gasteiger partial charge is 0.342 e. The number of amides is 1. The van der Waals surface area contributed by atoms with Gasteiger partial charge in [0.15, 0.2) is 5.84 Å². The molecule has 2 aromatic rings. The monoisotopic (exact) mass is 405 g/mol. The number of carbonyl (C=O) groups excluding carboxylic acids is 1. The van der Waals surface area contributed by atoms with Gasteiger partial charge in [0.05, 0.1) is 29.5 Å². The van der Waals surface area contributed by atoms with Gasteiger partial charge in [0.2, 0.25) is 5.91 Å². The molecule has 0 spiro atoms. The summed E-state index contributed by atoms with van der Waals surface area (Å²) in [6, 6.07) is 3.72. The molecule has 2 saturated heterocycles. The van der Waals surface area contributed by atoms with Gasteiger partial charge in [-0.25, -0.2) is 4.99 Å². The molecule has 8 nitrogen and oxygen atoms in total. The van der Waals surface area contributed by atoms with Crippen molar-refractivity contribution in [3.8, 4) is 11.3 Å². The van der Waals surface area contributed by atoms with Crippen LogP contribution in [0.15, 0.2) is 59.9 Å². The molecule has 2 atom stereocenters. The van der Waals surface area contributed by atoms with Crippen LogP contribution in [0.25, 0.3) is 11.3 Å². The molecule has 4 rings (SSSR count). The van der Waals surface area contributed by atoms with Crippen molar-refractivity contribution in [2.75, 3.05) is 18.9 Å². The maximum Gasteiger partial charge on any atom is 0.249 e. The fourth-order valence-corrected chi connectivity index (χ4v) is 4.11. The Labute approximate surface area is 176 Å². The second-order valence-corrected chi connectivity index (χ2v) is 7.92. The van der Waals surface area contributed by atoms with Gasteiger partial charge in [0.1, 0.15) is 11.9 Å². The molecule has 8 heteroatoms. The van der Waals surface area contributed by atoms with Gasteiger partial charge in [-0.05, 0) is 31.4 Å². The number of rotatable bonds is 4. The zero-order valence-corrected chi connectivity index (χ0v) is 17.8. The zero-order valence-electron chi connectivity index (χ0n) is 17.8. The lowest BCUT2D eigenvalue weighted by Crippen LogP contribution is -2.54. The Kier molecular flexibility index (Phi) is 5.15. The third-order valence-corrected chi connectivity index (χ3v) is 5.56. The van der Waals surface area contributed by atoms with Crippen molar-refractivity contribution in [1.29, 1.82) is 0 Å². The van der Waals surface area contributed by atoms with E-state index >= 15 is 0 Å². The lowest BCUT2D eigenvalue weighted by atomic mass is 10.1. The van der Waals surface area contributed by atoms with Gasteiger partial charge in [0, 0.05) is 32.4 Å². The number of hydrogen-bond donors (Lipinski definition) is 1. The Morgan fingerprint density at radius 1 is 1.33 bits per heavy atom. The molecule has 4 heterocycles. The predicted molar refractivity (Wildman–Crippen MR) is 117 cm³/mol. The standard InChI is InChI=1S/C22H27N7O/c1-6-19-21(29-12-14(2)9-20(29)22(30)28(19)5)26-15(3)25-17-7-8-18(23-11-17)16-10-24-27(4)13-16/h6-8,10-11,13-14,20,25H,3,9,12H2,1-2,4-5H3/b19-6+,26-21?. The van der Waals surface area contributed by atoms with E-state index in [1.807, 2.05) is 45.4 Å². The number of fused-ring (bicyclic) bond motifs is 1. The summed E-state index contributed by atoms with van der Waals surface area (Å²) in [5, 5.41) is 7.39. The highest BCUT2D eigenvalue weighted by atomic mass is 16.2. The van der Waals surface area contributed by atoms with Crippen molar-refractivity contribution in [2.45, 2.75) is 26.3 Å². The normalized spacial score (nSPS) is 23.9. The number of piperazine rings is 1. The molecule has 2 aliphatic rings. The van der Waals surface area contributed by atoms with E-state index in [0.29, 0.717) is 11.7 Å². The number of aromatic nitrogens is 3. The van der Waals surface area contributed by atoms with Crippen molar-refractivity contribution in [1.82, 2.24) is 24.6 Å². The topological polar surface area (TPSA) is 78.7 Å². The van der Waals surface area contributed by atoms with E-state index in [4.69, 9.17) is 4.99 Å². The summed E-state index contributed by atoms with van der Waals surface area (Å²) in [6.45, 7) is 8.98. The molecule has 0 aliphatic carbocycles. The molecule has 0 aromatic carbocycles. The van der Waals surface area contributed by atoms with Gasteiger partial charge in [-0.15, -0.1) is 0 Å². The number of amidine groups is 1. The Balaban J connectivity index is 1.54. The third kappa shape index (κ3) is 3.60. The van der Waals surface area contributed by atoms with Gasteiger partial charge in [-0.3, -0.25) is 14.5 Å². The number of hydrogen-bond acceptors (Lipinski definition) is 5. The first kappa shape index (κ1) is 19.9. The number of allylic oxidation sites excluding steroid dienone is 1.